The topological polar surface area (TPSA) is 55.1 Å². The van der Waals surface area contributed by atoms with Gasteiger partial charge in [-0.15, -0.1) is 0 Å². The number of benzene rings is 1. The van der Waals surface area contributed by atoms with Gasteiger partial charge >= 0.3 is 0 Å². The fourth-order valence-corrected chi connectivity index (χ4v) is 2.07. The van der Waals surface area contributed by atoms with Crippen LogP contribution < -0.4 is 11.1 Å². The number of nitrogens with two attached hydrogens (primary N) is 1. The van der Waals surface area contributed by atoms with E-state index >= 15 is 0 Å². The van der Waals surface area contributed by atoms with Crippen LogP contribution in [-0.2, 0) is 4.79 Å². The zero-order valence-electron chi connectivity index (χ0n) is 9.16. The molecule has 0 bridgehead atoms. The fourth-order valence-electron chi connectivity index (χ4n) is 2.07. The van der Waals surface area contributed by atoms with Gasteiger partial charge in [-0.2, -0.15) is 0 Å². The lowest BCUT2D eigenvalue weighted by atomic mass is 9.90. The number of rotatable bonds is 1. The van der Waals surface area contributed by atoms with Gasteiger partial charge in [0.05, 0.1) is 6.04 Å². The standard InChI is InChI=1S/C12H15FN2O/c1-7-2-3-8(13)6-9(7)12-10(14)4-5-11(16)15-12/h2-3,6,10,12H,4-5,14H2,1H3,(H,15,16). The second-order valence-electron chi connectivity index (χ2n) is 4.25. The number of hydrogen-bond donors (Lipinski definition) is 2. The molecule has 0 aromatic heterocycles. The number of nitrogens with one attached hydrogen (secondary N) is 1. The van der Waals surface area contributed by atoms with Crippen molar-refractivity contribution in [3.05, 3.63) is 35.1 Å². The zero-order chi connectivity index (χ0) is 11.7. The maximum absolute atomic E-state index is 13.2. The van der Waals surface area contributed by atoms with Crippen LogP contribution in [0.1, 0.15) is 30.0 Å². The third-order valence-electron chi connectivity index (χ3n) is 3.03. The third-order valence-corrected chi connectivity index (χ3v) is 3.03. The Labute approximate surface area is 93.8 Å². The highest BCUT2D eigenvalue weighted by Gasteiger charge is 2.28. The molecule has 0 aliphatic carbocycles. The Morgan fingerprint density at radius 1 is 1.50 bits per heavy atom. The van der Waals surface area contributed by atoms with Gasteiger partial charge < -0.3 is 11.1 Å². The number of aryl methyl sites for hydroxylation is 1. The van der Waals surface area contributed by atoms with E-state index in [9.17, 15) is 9.18 Å². The molecule has 1 aromatic rings. The normalized spacial score (nSPS) is 25.3. The molecule has 0 radical (unpaired) electrons. The van der Waals surface area contributed by atoms with Crippen LogP contribution in [0.2, 0.25) is 0 Å². The van der Waals surface area contributed by atoms with Gasteiger partial charge in [0.25, 0.3) is 0 Å². The summed E-state index contributed by atoms with van der Waals surface area (Å²) < 4.78 is 13.2. The molecule has 3 nitrogen and oxygen atoms in total. The third kappa shape index (κ3) is 2.07. The van der Waals surface area contributed by atoms with Gasteiger partial charge in [0.1, 0.15) is 5.82 Å². The molecule has 2 rings (SSSR count). The molecule has 0 spiro atoms. The summed E-state index contributed by atoms with van der Waals surface area (Å²) in [6.07, 6.45) is 1.10. The number of piperidine rings is 1. The number of hydrogen-bond acceptors (Lipinski definition) is 2. The molecule has 1 fully saturated rings. The molecule has 2 atom stereocenters. The van der Waals surface area contributed by atoms with Crippen molar-refractivity contribution in [2.75, 3.05) is 0 Å². The lowest BCUT2D eigenvalue weighted by Crippen LogP contribution is -2.46. The van der Waals surface area contributed by atoms with Gasteiger partial charge in [0.15, 0.2) is 0 Å². The Hall–Kier alpha value is -1.42. The Kier molecular flexibility index (Phi) is 2.92. The predicted octanol–water partition coefficient (Wildman–Crippen LogP) is 1.41. The maximum Gasteiger partial charge on any atom is 0.220 e. The summed E-state index contributed by atoms with van der Waals surface area (Å²) in [6.45, 7) is 1.89. The van der Waals surface area contributed by atoms with Crippen LogP contribution in [0.3, 0.4) is 0 Å². The number of halogens is 1. The summed E-state index contributed by atoms with van der Waals surface area (Å²) in [5.74, 6) is -0.317. The average Bonchev–Trinajstić information content (AvgIpc) is 2.25. The van der Waals surface area contributed by atoms with Crippen LogP contribution in [0.5, 0.6) is 0 Å². The highest BCUT2D eigenvalue weighted by molar-refractivity contribution is 5.77. The Bertz CT molecular complexity index is 419. The van der Waals surface area contributed by atoms with Crippen molar-refractivity contribution in [1.82, 2.24) is 5.32 Å². The first kappa shape index (κ1) is 11.1. The monoisotopic (exact) mass is 222 g/mol. The first-order chi connectivity index (χ1) is 7.58. The molecule has 1 heterocycles. The lowest BCUT2D eigenvalue weighted by molar-refractivity contribution is -0.123. The van der Waals surface area contributed by atoms with E-state index in [1.807, 2.05) is 6.92 Å². The fraction of sp³-hybridized carbons (Fsp3) is 0.417. The molecule has 1 saturated heterocycles. The highest BCUT2D eigenvalue weighted by Crippen LogP contribution is 2.25. The van der Waals surface area contributed by atoms with Crippen molar-refractivity contribution in [3.8, 4) is 0 Å². The minimum atomic E-state index is -0.298. The molecule has 1 aromatic carbocycles. The SMILES string of the molecule is Cc1ccc(F)cc1C1NC(=O)CCC1N. The van der Waals surface area contributed by atoms with E-state index in [4.69, 9.17) is 5.73 Å². The minimum absolute atomic E-state index is 0.0182. The second kappa shape index (κ2) is 4.22. The van der Waals surface area contributed by atoms with Crippen LogP contribution >= 0.6 is 0 Å². The Morgan fingerprint density at radius 3 is 3.00 bits per heavy atom. The Balaban J connectivity index is 2.34. The van der Waals surface area contributed by atoms with Crippen molar-refractivity contribution in [3.63, 3.8) is 0 Å². The van der Waals surface area contributed by atoms with Crippen molar-refractivity contribution in [1.29, 1.82) is 0 Å². The van der Waals surface area contributed by atoms with E-state index < -0.39 is 0 Å². The lowest BCUT2D eigenvalue weighted by Gasteiger charge is -2.30. The molecule has 3 N–H and O–H groups in total. The van der Waals surface area contributed by atoms with Crippen LogP contribution in [0.15, 0.2) is 18.2 Å². The van der Waals surface area contributed by atoms with Gasteiger partial charge in [0.2, 0.25) is 5.91 Å². The molecular formula is C12H15FN2O. The van der Waals surface area contributed by atoms with Crippen LogP contribution in [0.25, 0.3) is 0 Å². The number of amides is 1. The van der Waals surface area contributed by atoms with Crippen LogP contribution in [-0.4, -0.2) is 11.9 Å². The van der Waals surface area contributed by atoms with Crippen molar-refractivity contribution in [2.24, 2.45) is 5.73 Å². The largest absolute Gasteiger partial charge is 0.348 e. The van der Waals surface area contributed by atoms with E-state index in [0.717, 1.165) is 11.1 Å². The maximum atomic E-state index is 13.2. The first-order valence-electron chi connectivity index (χ1n) is 5.39. The van der Waals surface area contributed by atoms with E-state index in [0.29, 0.717) is 12.8 Å². The number of carbonyl (C=O) groups excluding carboxylic acids is 1. The van der Waals surface area contributed by atoms with Crippen molar-refractivity contribution >= 4 is 5.91 Å². The molecule has 0 saturated carbocycles. The van der Waals surface area contributed by atoms with Gasteiger partial charge in [-0.25, -0.2) is 4.39 Å². The smallest absolute Gasteiger partial charge is 0.220 e. The van der Waals surface area contributed by atoms with Gasteiger partial charge in [-0.1, -0.05) is 6.07 Å². The second-order valence-corrected chi connectivity index (χ2v) is 4.25. The van der Waals surface area contributed by atoms with Gasteiger partial charge in [-0.3, -0.25) is 4.79 Å². The van der Waals surface area contributed by atoms with E-state index in [1.54, 1.807) is 6.07 Å². The molecule has 86 valence electrons. The number of carbonyl (C=O) groups is 1. The van der Waals surface area contributed by atoms with E-state index in [2.05, 4.69) is 5.32 Å². The summed E-state index contributed by atoms with van der Waals surface area (Å²) >= 11 is 0. The zero-order valence-corrected chi connectivity index (χ0v) is 9.16. The molecule has 4 heteroatoms. The molecule has 1 amide bonds. The average molecular weight is 222 g/mol. The quantitative estimate of drug-likeness (QED) is 0.755. The highest BCUT2D eigenvalue weighted by atomic mass is 19.1. The first-order valence-corrected chi connectivity index (χ1v) is 5.39. The van der Waals surface area contributed by atoms with Gasteiger partial charge in [-0.05, 0) is 36.6 Å². The summed E-state index contributed by atoms with van der Waals surface area (Å²) in [5.41, 5.74) is 7.68. The van der Waals surface area contributed by atoms with E-state index in [-0.39, 0.29) is 23.8 Å². The molecule has 1 aliphatic heterocycles. The van der Waals surface area contributed by atoms with Crippen LogP contribution in [0, 0.1) is 12.7 Å². The molecule has 16 heavy (non-hydrogen) atoms. The van der Waals surface area contributed by atoms with Crippen LogP contribution in [0.4, 0.5) is 4.39 Å². The van der Waals surface area contributed by atoms with Gasteiger partial charge in [0, 0.05) is 12.5 Å². The summed E-state index contributed by atoms with van der Waals surface area (Å²) in [5, 5.41) is 2.82. The summed E-state index contributed by atoms with van der Waals surface area (Å²) in [4.78, 5) is 11.3. The minimum Gasteiger partial charge on any atom is -0.348 e. The van der Waals surface area contributed by atoms with Crippen molar-refractivity contribution in [2.45, 2.75) is 31.8 Å². The molecule has 1 aliphatic rings. The van der Waals surface area contributed by atoms with E-state index in [1.165, 1.54) is 12.1 Å². The predicted molar refractivity (Wildman–Crippen MR) is 59.2 cm³/mol. The van der Waals surface area contributed by atoms with Crippen molar-refractivity contribution < 1.29 is 9.18 Å². The summed E-state index contributed by atoms with van der Waals surface area (Å²) in [6, 6.07) is 4.16. The Morgan fingerprint density at radius 2 is 2.25 bits per heavy atom. The molecular weight excluding hydrogens is 207 g/mol. The molecule has 2 unspecified atom stereocenters. The summed E-state index contributed by atoms with van der Waals surface area (Å²) in [7, 11) is 0.